The molecule has 1 N–H and O–H groups in total. The number of furan rings is 1. The molecule has 62 valence electrons. The van der Waals surface area contributed by atoms with E-state index < -0.39 is 0 Å². The summed E-state index contributed by atoms with van der Waals surface area (Å²) in [4.78, 5) is 3.97. The van der Waals surface area contributed by atoms with Crippen LogP contribution in [0.1, 0.15) is 5.69 Å². The number of aromatic nitrogens is 1. The molecular formula is C8H6BrNO2. The Labute approximate surface area is 77.2 Å². The van der Waals surface area contributed by atoms with Gasteiger partial charge >= 0.3 is 0 Å². The number of pyridine rings is 1. The molecule has 0 unspecified atom stereocenters. The molecule has 3 nitrogen and oxygen atoms in total. The number of hydrogen-bond acceptors (Lipinski definition) is 3. The van der Waals surface area contributed by atoms with Crippen LogP contribution in [0.4, 0.5) is 0 Å². The van der Waals surface area contributed by atoms with Crippen LogP contribution >= 0.6 is 15.9 Å². The molecule has 0 fully saturated rings. The molecule has 0 saturated heterocycles. The second-order valence-corrected chi connectivity index (χ2v) is 3.23. The first-order valence-corrected chi connectivity index (χ1v) is 4.23. The van der Waals surface area contributed by atoms with Crippen molar-refractivity contribution >= 4 is 26.9 Å². The Morgan fingerprint density at radius 1 is 1.58 bits per heavy atom. The number of hydrogen-bond donors (Lipinski definition) is 1. The lowest BCUT2D eigenvalue weighted by atomic mass is 10.3. The molecule has 0 aliphatic heterocycles. The van der Waals surface area contributed by atoms with Gasteiger partial charge in [-0.15, -0.1) is 0 Å². The zero-order valence-electron chi connectivity index (χ0n) is 6.12. The third kappa shape index (κ3) is 1.04. The molecule has 12 heavy (non-hydrogen) atoms. The van der Waals surface area contributed by atoms with Gasteiger partial charge in [0.2, 0.25) is 0 Å². The van der Waals surface area contributed by atoms with Crippen molar-refractivity contribution < 1.29 is 9.52 Å². The molecule has 0 aromatic carbocycles. The zero-order valence-corrected chi connectivity index (χ0v) is 7.71. The minimum absolute atomic E-state index is 0.0999. The Bertz CT molecular complexity index is 410. The van der Waals surface area contributed by atoms with Gasteiger partial charge in [-0.1, -0.05) is 0 Å². The van der Waals surface area contributed by atoms with Crippen molar-refractivity contribution in [3.8, 4) is 0 Å². The van der Waals surface area contributed by atoms with Gasteiger partial charge in [-0.2, -0.15) is 0 Å². The van der Waals surface area contributed by atoms with E-state index in [4.69, 9.17) is 9.52 Å². The maximum Gasteiger partial charge on any atom is 0.158 e. The van der Waals surface area contributed by atoms with Crippen molar-refractivity contribution in [3.05, 3.63) is 28.7 Å². The van der Waals surface area contributed by atoms with Crippen LogP contribution in [0.5, 0.6) is 0 Å². The van der Waals surface area contributed by atoms with E-state index in [9.17, 15) is 0 Å². The molecule has 2 rings (SSSR count). The van der Waals surface area contributed by atoms with Crippen molar-refractivity contribution in [1.29, 1.82) is 0 Å². The topological polar surface area (TPSA) is 46.3 Å². The summed E-state index contributed by atoms with van der Waals surface area (Å²) < 4.78 is 6.09. The minimum Gasteiger partial charge on any atom is -0.461 e. The Morgan fingerprint density at radius 3 is 3.17 bits per heavy atom. The van der Waals surface area contributed by atoms with Gasteiger partial charge < -0.3 is 9.52 Å². The Kier molecular flexibility index (Phi) is 1.86. The van der Waals surface area contributed by atoms with Crippen molar-refractivity contribution in [3.63, 3.8) is 0 Å². The standard InChI is InChI=1S/C8H6BrNO2/c9-6-4-12-8-5(6)1-2-10-7(8)3-11/h1-2,4,11H,3H2. The fraction of sp³-hybridized carbons (Fsp3) is 0.125. The predicted molar refractivity (Wildman–Crippen MR) is 47.6 cm³/mol. The van der Waals surface area contributed by atoms with E-state index in [1.54, 1.807) is 12.5 Å². The highest BCUT2D eigenvalue weighted by molar-refractivity contribution is 9.10. The fourth-order valence-corrected chi connectivity index (χ4v) is 1.50. The molecule has 0 saturated carbocycles. The van der Waals surface area contributed by atoms with Crippen LogP contribution in [0, 0.1) is 0 Å². The van der Waals surface area contributed by atoms with Gasteiger partial charge in [0.05, 0.1) is 11.1 Å². The summed E-state index contributed by atoms with van der Waals surface area (Å²) in [6.07, 6.45) is 3.24. The van der Waals surface area contributed by atoms with Gasteiger partial charge in [0.15, 0.2) is 5.58 Å². The second-order valence-electron chi connectivity index (χ2n) is 2.38. The first-order chi connectivity index (χ1) is 5.83. The van der Waals surface area contributed by atoms with Gasteiger partial charge in [-0.25, -0.2) is 0 Å². The van der Waals surface area contributed by atoms with E-state index in [1.165, 1.54) is 0 Å². The zero-order chi connectivity index (χ0) is 8.55. The summed E-state index contributed by atoms with van der Waals surface area (Å²) in [5.74, 6) is 0. The molecule has 2 aromatic heterocycles. The van der Waals surface area contributed by atoms with Crippen LogP contribution < -0.4 is 0 Å². The number of fused-ring (bicyclic) bond motifs is 1. The predicted octanol–water partition coefficient (Wildman–Crippen LogP) is 2.08. The van der Waals surface area contributed by atoms with Crippen molar-refractivity contribution in [2.75, 3.05) is 0 Å². The summed E-state index contributed by atoms with van der Waals surface area (Å²) in [6, 6.07) is 1.84. The van der Waals surface area contributed by atoms with E-state index in [1.807, 2.05) is 6.07 Å². The van der Waals surface area contributed by atoms with Crippen LogP contribution in [0.2, 0.25) is 0 Å². The lowest BCUT2D eigenvalue weighted by Gasteiger charge is -1.94. The summed E-state index contributed by atoms with van der Waals surface area (Å²) in [6.45, 7) is -0.0999. The normalized spacial score (nSPS) is 10.8. The van der Waals surface area contributed by atoms with E-state index >= 15 is 0 Å². The van der Waals surface area contributed by atoms with Crippen molar-refractivity contribution in [1.82, 2.24) is 4.98 Å². The first kappa shape index (κ1) is 7.76. The molecular weight excluding hydrogens is 222 g/mol. The summed E-state index contributed by atoms with van der Waals surface area (Å²) in [5.41, 5.74) is 1.21. The number of nitrogens with zero attached hydrogens (tertiary/aromatic N) is 1. The van der Waals surface area contributed by atoms with E-state index in [2.05, 4.69) is 20.9 Å². The average molecular weight is 228 g/mol. The number of aliphatic hydroxyl groups excluding tert-OH is 1. The Morgan fingerprint density at radius 2 is 2.42 bits per heavy atom. The van der Waals surface area contributed by atoms with Gasteiger partial charge in [0.1, 0.15) is 12.0 Å². The molecule has 0 radical (unpaired) electrons. The molecule has 0 aliphatic rings. The largest absolute Gasteiger partial charge is 0.461 e. The third-order valence-electron chi connectivity index (χ3n) is 1.67. The highest BCUT2D eigenvalue weighted by Crippen LogP contribution is 2.26. The van der Waals surface area contributed by atoms with Crippen LogP contribution in [-0.4, -0.2) is 10.1 Å². The number of rotatable bonds is 1. The summed E-state index contributed by atoms with van der Waals surface area (Å²) >= 11 is 3.33. The van der Waals surface area contributed by atoms with Gasteiger partial charge in [0.25, 0.3) is 0 Å². The summed E-state index contributed by atoms with van der Waals surface area (Å²) in [7, 11) is 0. The van der Waals surface area contributed by atoms with Crippen molar-refractivity contribution in [2.24, 2.45) is 0 Å². The monoisotopic (exact) mass is 227 g/mol. The Hall–Kier alpha value is -0.870. The van der Waals surface area contributed by atoms with E-state index in [0.29, 0.717) is 11.3 Å². The van der Waals surface area contributed by atoms with Gasteiger partial charge in [0, 0.05) is 11.6 Å². The molecule has 0 spiro atoms. The maximum atomic E-state index is 8.91. The average Bonchev–Trinajstić information content (AvgIpc) is 2.48. The number of aliphatic hydroxyl groups is 1. The molecule has 0 atom stereocenters. The highest BCUT2D eigenvalue weighted by atomic mass is 79.9. The van der Waals surface area contributed by atoms with Crippen molar-refractivity contribution in [2.45, 2.75) is 6.61 Å². The van der Waals surface area contributed by atoms with E-state index in [0.717, 1.165) is 9.86 Å². The van der Waals surface area contributed by atoms with Crippen LogP contribution in [-0.2, 0) is 6.61 Å². The molecule has 2 aromatic rings. The second kappa shape index (κ2) is 2.88. The van der Waals surface area contributed by atoms with Crippen LogP contribution in [0.3, 0.4) is 0 Å². The fourth-order valence-electron chi connectivity index (χ4n) is 1.10. The SMILES string of the molecule is OCc1nccc2c(Br)coc12. The molecule has 4 heteroatoms. The smallest absolute Gasteiger partial charge is 0.158 e. The summed E-state index contributed by atoms with van der Waals surface area (Å²) in [5, 5.41) is 9.85. The van der Waals surface area contributed by atoms with Gasteiger partial charge in [-0.05, 0) is 22.0 Å². The molecule has 0 bridgehead atoms. The lowest BCUT2D eigenvalue weighted by molar-refractivity contribution is 0.276. The van der Waals surface area contributed by atoms with Gasteiger partial charge in [-0.3, -0.25) is 4.98 Å². The number of halogens is 1. The maximum absolute atomic E-state index is 8.91. The Balaban J connectivity index is 2.81. The third-order valence-corrected chi connectivity index (χ3v) is 2.28. The molecule has 0 aliphatic carbocycles. The van der Waals surface area contributed by atoms with Crippen LogP contribution in [0.15, 0.2) is 27.4 Å². The van der Waals surface area contributed by atoms with E-state index in [-0.39, 0.29) is 6.61 Å². The lowest BCUT2D eigenvalue weighted by Crippen LogP contribution is -1.87. The minimum atomic E-state index is -0.0999. The molecule has 0 amide bonds. The first-order valence-electron chi connectivity index (χ1n) is 3.44. The van der Waals surface area contributed by atoms with Crippen LogP contribution in [0.25, 0.3) is 11.0 Å². The highest BCUT2D eigenvalue weighted by Gasteiger charge is 2.07. The molecule has 2 heterocycles. The quantitative estimate of drug-likeness (QED) is 0.812.